The number of ether oxygens (including phenoxy) is 3. The summed E-state index contributed by atoms with van der Waals surface area (Å²) < 4.78 is 16.4. The van der Waals surface area contributed by atoms with Crippen LogP contribution in [-0.4, -0.2) is 85.7 Å². The van der Waals surface area contributed by atoms with E-state index in [1.165, 1.54) is 0 Å². The monoisotopic (exact) mass is 626 g/mol. The zero-order valence-corrected chi connectivity index (χ0v) is 26.5. The van der Waals surface area contributed by atoms with E-state index in [1.807, 2.05) is 30.6 Å². The SMILES string of the molecule is CC(C)(C)OC(=O)NCCOCCNC(=O)c1cc(Cl)ccc1C1CCN(CCN2C=COC(C3=CC=CC(=O)C3)=C2)CC1. The molecule has 2 amide bonds. The summed E-state index contributed by atoms with van der Waals surface area (Å²) in [5.74, 6) is 0.873. The molecular formula is C33H43ClN4O6. The van der Waals surface area contributed by atoms with Crippen LogP contribution in [0, 0.1) is 0 Å². The lowest BCUT2D eigenvalue weighted by molar-refractivity contribution is -0.114. The summed E-state index contributed by atoms with van der Waals surface area (Å²) in [6, 6.07) is 5.56. The Morgan fingerprint density at radius 1 is 1.09 bits per heavy atom. The third-order valence-electron chi connectivity index (χ3n) is 7.40. The second-order valence-electron chi connectivity index (χ2n) is 12.0. The largest absolute Gasteiger partial charge is 0.462 e. The van der Waals surface area contributed by atoms with Crippen molar-refractivity contribution in [3.05, 3.63) is 82.6 Å². The van der Waals surface area contributed by atoms with Gasteiger partial charge in [-0.05, 0) is 76.4 Å². The van der Waals surface area contributed by atoms with Gasteiger partial charge in [-0.15, -0.1) is 0 Å². The maximum atomic E-state index is 13.1. The highest BCUT2D eigenvalue weighted by Gasteiger charge is 2.25. The number of ketones is 1. The van der Waals surface area contributed by atoms with Crippen LogP contribution < -0.4 is 10.6 Å². The summed E-state index contributed by atoms with van der Waals surface area (Å²) in [7, 11) is 0. The summed E-state index contributed by atoms with van der Waals surface area (Å²) >= 11 is 6.28. The average Bonchev–Trinajstić information content (AvgIpc) is 2.99. The second kappa shape index (κ2) is 15.9. The lowest BCUT2D eigenvalue weighted by Crippen LogP contribution is -2.38. The number of nitrogens with one attached hydrogen (secondary N) is 2. The summed E-state index contributed by atoms with van der Waals surface area (Å²) in [6.45, 7) is 10.2. The number of piperidine rings is 1. The zero-order chi connectivity index (χ0) is 31.5. The van der Waals surface area contributed by atoms with Gasteiger partial charge in [0.15, 0.2) is 5.78 Å². The molecule has 0 atom stereocenters. The van der Waals surface area contributed by atoms with Crippen LogP contribution >= 0.6 is 11.6 Å². The van der Waals surface area contributed by atoms with Gasteiger partial charge in [0, 0.05) is 61.2 Å². The number of hydrogen-bond acceptors (Lipinski definition) is 8. The molecule has 1 saturated heterocycles. The van der Waals surface area contributed by atoms with Crippen molar-refractivity contribution in [1.82, 2.24) is 20.4 Å². The Kier molecular flexibility index (Phi) is 12.1. The van der Waals surface area contributed by atoms with Gasteiger partial charge in [0.05, 0.1) is 13.2 Å². The van der Waals surface area contributed by atoms with E-state index >= 15 is 0 Å². The van der Waals surface area contributed by atoms with Gasteiger partial charge < -0.3 is 34.6 Å². The predicted octanol–water partition coefficient (Wildman–Crippen LogP) is 4.89. The van der Waals surface area contributed by atoms with E-state index in [0.717, 1.165) is 50.2 Å². The fourth-order valence-electron chi connectivity index (χ4n) is 5.23. The molecule has 1 aliphatic carbocycles. The molecule has 2 N–H and O–H groups in total. The molecule has 1 fully saturated rings. The standard InChI is InChI=1S/C33H43ClN4O6/c1-33(2,3)44-32(41)36-12-19-42-18-11-35-31(40)29-22-26(34)7-8-28(29)24-9-13-37(14-10-24)15-16-38-17-20-43-30(23-38)25-5-4-6-27(39)21-25/h4-8,17,20,22-24H,9-16,18-19,21H2,1-3H3,(H,35,40)(H,36,41). The summed E-state index contributed by atoms with van der Waals surface area (Å²) in [6.07, 6.45) is 12.5. The van der Waals surface area contributed by atoms with Crippen LogP contribution in [-0.2, 0) is 19.0 Å². The highest BCUT2D eigenvalue weighted by Crippen LogP contribution is 2.32. The van der Waals surface area contributed by atoms with Crippen molar-refractivity contribution in [2.24, 2.45) is 0 Å². The summed E-state index contributed by atoms with van der Waals surface area (Å²) in [4.78, 5) is 41.1. The molecule has 44 heavy (non-hydrogen) atoms. The van der Waals surface area contributed by atoms with E-state index in [-0.39, 0.29) is 17.6 Å². The Morgan fingerprint density at radius 2 is 1.84 bits per heavy atom. The molecule has 1 aromatic carbocycles. The fraction of sp³-hybridized carbons (Fsp3) is 0.485. The fourth-order valence-corrected chi connectivity index (χ4v) is 5.40. The number of carbonyl (C=O) groups is 3. The third-order valence-corrected chi connectivity index (χ3v) is 7.63. The second-order valence-corrected chi connectivity index (χ2v) is 12.4. The number of allylic oxidation sites excluding steroid dienone is 4. The average molecular weight is 627 g/mol. The molecule has 0 saturated carbocycles. The van der Waals surface area contributed by atoms with E-state index in [4.69, 9.17) is 25.8 Å². The van der Waals surface area contributed by atoms with Gasteiger partial charge in [-0.1, -0.05) is 29.8 Å². The highest BCUT2D eigenvalue weighted by molar-refractivity contribution is 6.31. The molecule has 0 spiro atoms. The Bertz CT molecular complexity index is 1310. The van der Waals surface area contributed by atoms with Crippen molar-refractivity contribution < 1.29 is 28.6 Å². The maximum absolute atomic E-state index is 13.1. The number of benzene rings is 1. The molecule has 1 aromatic rings. The van der Waals surface area contributed by atoms with E-state index in [0.29, 0.717) is 49.1 Å². The number of hydrogen-bond donors (Lipinski definition) is 2. The first kappa shape index (κ1) is 33.3. The minimum atomic E-state index is -0.551. The number of carbonyl (C=O) groups excluding carboxylic acids is 3. The van der Waals surface area contributed by atoms with Gasteiger partial charge in [-0.3, -0.25) is 9.59 Å². The quantitative estimate of drug-likeness (QED) is 0.316. The van der Waals surface area contributed by atoms with Crippen LogP contribution in [0.4, 0.5) is 4.79 Å². The molecule has 0 aromatic heterocycles. The van der Waals surface area contributed by atoms with Crippen molar-refractivity contribution in [2.75, 3.05) is 52.5 Å². The van der Waals surface area contributed by atoms with E-state index in [1.54, 1.807) is 45.3 Å². The number of alkyl carbamates (subject to hydrolysis) is 1. The third kappa shape index (κ3) is 10.5. The molecule has 2 heterocycles. The minimum Gasteiger partial charge on any atom is -0.462 e. The van der Waals surface area contributed by atoms with E-state index < -0.39 is 11.7 Å². The van der Waals surface area contributed by atoms with Crippen LogP contribution in [0.3, 0.4) is 0 Å². The van der Waals surface area contributed by atoms with Crippen LogP contribution in [0.2, 0.25) is 5.02 Å². The molecule has 3 aliphatic rings. The number of nitrogens with zero attached hydrogens (tertiary/aromatic N) is 2. The van der Waals surface area contributed by atoms with Crippen molar-refractivity contribution >= 4 is 29.4 Å². The van der Waals surface area contributed by atoms with Crippen molar-refractivity contribution in [3.63, 3.8) is 0 Å². The van der Waals surface area contributed by atoms with Crippen LogP contribution in [0.25, 0.3) is 0 Å². The van der Waals surface area contributed by atoms with E-state index in [2.05, 4.69) is 20.4 Å². The minimum absolute atomic E-state index is 0.0767. The lowest BCUT2D eigenvalue weighted by atomic mass is 9.86. The van der Waals surface area contributed by atoms with Gasteiger partial charge >= 0.3 is 6.09 Å². The highest BCUT2D eigenvalue weighted by atomic mass is 35.5. The summed E-state index contributed by atoms with van der Waals surface area (Å²) in [5.41, 5.74) is 1.95. The molecule has 238 valence electrons. The van der Waals surface area contributed by atoms with Gasteiger partial charge in [0.2, 0.25) is 0 Å². The predicted molar refractivity (Wildman–Crippen MR) is 169 cm³/mol. The molecule has 0 bridgehead atoms. The molecule has 0 unspecified atom stereocenters. The first-order valence-electron chi connectivity index (χ1n) is 15.1. The number of halogens is 1. The lowest BCUT2D eigenvalue weighted by Gasteiger charge is -2.34. The normalized spacial score (nSPS) is 17.5. The first-order chi connectivity index (χ1) is 21.1. The Morgan fingerprint density at radius 3 is 2.57 bits per heavy atom. The number of rotatable bonds is 12. The van der Waals surface area contributed by atoms with Gasteiger partial charge in [-0.25, -0.2) is 4.79 Å². The van der Waals surface area contributed by atoms with Gasteiger partial charge in [0.25, 0.3) is 5.91 Å². The van der Waals surface area contributed by atoms with Gasteiger partial charge in [-0.2, -0.15) is 0 Å². The zero-order valence-electron chi connectivity index (χ0n) is 25.8. The molecule has 4 rings (SSSR count). The first-order valence-corrected chi connectivity index (χ1v) is 15.5. The van der Waals surface area contributed by atoms with Crippen LogP contribution in [0.5, 0.6) is 0 Å². The van der Waals surface area contributed by atoms with Crippen molar-refractivity contribution in [1.29, 1.82) is 0 Å². The molecule has 10 nitrogen and oxygen atoms in total. The Labute approximate surface area is 264 Å². The molecule has 2 aliphatic heterocycles. The summed E-state index contributed by atoms with van der Waals surface area (Å²) in [5, 5.41) is 6.10. The van der Waals surface area contributed by atoms with E-state index in [9.17, 15) is 14.4 Å². The number of likely N-dealkylation sites (tertiary alicyclic amines) is 1. The maximum Gasteiger partial charge on any atom is 0.407 e. The van der Waals surface area contributed by atoms with Crippen molar-refractivity contribution in [2.45, 2.75) is 51.6 Å². The topological polar surface area (TPSA) is 109 Å². The Hall–Kier alpha value is -3.60. The molecule has 0 radical (unpaired) electrons. The molecule has 11 heteroatoms. The number of amides is 2. The van der Waals surface area contributed by atoms with Gasteiger partial charge in [0.1, 0.15) is 17.6 Å². The smallest absolute Gasteiger partial charge is 0.407 e. The Balaban J connectivity index is 1.19. The van der Waals surface area contributed by atoms with Crippen LogP contribution in [0.15, 0.2) is 66.4 Å². The van der Waals surface area contributed by atoms with Crippen molar-refractivity contribution in [3.8, 4) is 0 Å². The van der Waals surface area contributed by atoms with Crippen LogP contribution in [0.1, 0.15) is 61.9 Å². The molecular weight excluding hydrogens is 584 g/mol.